The van der Waals surface area contributed by atoms with Crippen molar-refractivity contribution in [2.24, 2.45) is 5.92 Å². The standard InChI is InChI=1S/C16H24N2O4/c1-17-9-11-5-6-18(10-11)16(19)12-7-14(21-3)15(22-4)8-13(12)20-2/h7-8,11,17H,5-6,9-10H2,1-4H3. The number of benzene rings is 1. The summed E-state index contributed by atoms with van der Waals surface area (Å²) in [7, 11) is 6.59. The van der Waals surface area contributed by atoms with E-state index in [1.807, 2.05) is 11.9 Å². The molecule has 1 atom stereocenters. The molecule has 122 valence electrons. The highest BCUT2D eigenvalue weighted by Crippen LogP contribution is 2.35. The van der Waals surface area contributed by atoms with Gasteiger partial charge < -0.3 is 24.4 Å². The number of nitrogens with one attached hydrogen (secondary N) is 1. The molecule has 1 amide bonds. The molecule has 1 aliphatic rings. The van der Waals surface area contributed by atoms with Gasteiger partial charge in [-0.05, 0) is 25.9 Å². The molecule has 0 aromatic heterocycles. The normalized spacial score (nSPS) is 17.5. The van der Waals surface area contributed by atoms with Crippen molar-refractivity contribution in [1.82, 2.24) is 10.2 Å². The molecule has 0 radical (unpaired) electrons. The summed E-state index contributed by atoms with van der Waals surface area (Å²) >= 11 is 0. The molecule has 1 unspecified atom stereocenters. The third-order valence-corrected chi connectivity index (χ3v) is 4.00. The lowest BCUT2D eigenvalue weighted by Crippen LogP contribution is -2.30. The van der Waals surface area contributed by atoms with Gasteiger partial charge in [0, 0.05) is 25.2 Å². The van der Waals surface area contributed by atoms with E-state index in [4.69, 9.17) is 14.2 Å². The topological polar surface area (TPSA) is 60.0 Å². The lowest BCUT2D eigenvalue weighted by atomic mass is 10.1. The Morgan fingerprint density at radius 1 is 1.18 bits per heavy atom. The van der Waals surface area contributed by atoms with E-state index in [2.05, 4.69) is 5.32 Å². The maximum Gasteiger partial charge on any atom is 0.257 e. The number of rotatable bonds is 6. The Labute approximate surface area is 131 Å². The smallest absolute Gasteiger partial charge is 0.257 e. The number of hydrogen-bond acceptors (Lipinski definition) is 5. The summed E-state index contributed by atoms with van der Waals surface area (Å²) in [5.74, 6) is 2.04. The largest absolute Gasteiger partial charge is 0.496 e. The van der Waals surface area contributed by atoms with Crippen molar-refractivity contribution in [3.8, 4) is 17.2 Å². The first kappa shape index (κ1) is 16.4. The van der Waals surface area contributed by atoms with Crippen LogP contribution in [0.15, 0.2) is 12.1 Å². The predicted octanol–water partition coefficient (Wildman–Crippen LogP) is 1.39. The highest BCUT2D eigenvalue weighted by Gasteiger charge is 2.29. The fraction of sp³-hybridized carbons (Fsp3) is 0.562. The molecule has 1 heterocycles. The van der Waals surface area contributed by atoms with Crippen LogP contribution in [-0.2, 0) is 0 Å². The maximum absolute atomic E-state index is 12.8. The van der Waals surface area contributed by atoms with Crippen LogP contribution in [0.1, 0.15) is 16.8 Å². The summed E-state index contributed by atoms with van der Waals surface area (Å²) in [6.45, 7) is 2.45. The van der Waals surface area contributed by atoms with Crippen LogP contribution in [-0.4, -0.2) is 58.8 Å². The highest BCUT2D eigenvalue weighted by atomic mass is 16.5. The van der Waals surface area contributed by atoms with Gasteiger partial charge in [-0.3, -0.25) is 4.79 Å². The van der Waals surface area contributed by atoms with Gasteiger partial charge in [-0.15, -0.1) is 0 Å². The SMILES string of the molecule is CNCC1CCN(C(=O)c2cc(OC)c(OC)cc2OC)C1. The molecule has 0 spiro atoms. The molecule has 1 fully saturated rings. The second-order valence-corrected chi connectivity index (χ2v) is 5.37. The third kappa shape index (κ3) is 3.27. The van der Waals surface area contributed by atoms with Crippen LogP contribution in [0.4, 0.5) is 0 Å². The van der Waals surface area contributed by atoms with Gasteiger partial charge in [0.05, 0.1) is 26.9 Å². The molecule has 1 aromatic rings. The molecular formula is C16H24N2O4. The van der Waals surface area contributed by atoms with Crippen molar-refractivity contribution in [2.75, 3.05) is 48.0 Å². The molecule has 6 heteroatoms. The molecule has 0 saturated carbocycles. The lowest BCUT2D eigenvalue weighted by Gasteiger charge is -2.19. The molecular weight excluding hydrogens is 284 g/mol. The van der Waals surface area contributed by atoms with E-state index in [9.17, 15) is 4.79 Å². The van der Waals surface area contributed by atoms with Crippen LogP contribution < -0.4 is 19.5 Å². The van der Waals surface area contributed by atoms with Crippen molar-refractivity contribution < 1.29 is 19.0 Å². The van der Waals surface area contributed by atoms with Crippen molar-refractivity contribution >= 4 is 5.91 Å². The second-order valence-electron chi connectivity index (χ2n) is 5.37. The minimum atomic E-state index is -0.0311. The number of methoxy groups -OCH3 is 3. The predicted molar refractivity (Wildman–Crippen MR) is 84.0 cm³/mol. The number of carbonyl (C=O) groups excluding carboxylic acids is 1. The Kier molecular flexibility index (Phi) is 5.49. The zero-order valence-corrected chi connectivity index (χ0v) is 13.6. The summed E-state index contributed by atoms with van der Waals surface area (Å²) in [6.07, 6.45) is 1.02. The van der Waals surface area contributed by atoms with Gasteiger partial charge in [0.25, 0.3) is 5.91 Å². The van der Waals surface area contributed by atoms with Crippen LogP contribution in [0.2, 0.25) is 0 Å². The first-order chi connectivity index (χ1) is 10.6. The highest BCUT2D eigenvalue weighted by molar-refractivity contribution is 5.98. The van der Waals surface area contributed by atoms with E-state index in [1.165, 1.54) is 0 Å². The van der Waals surface area contributed by atoms with Gasteiger partial charge in [0.2, 0.25) is 0 Å². The quantitative estimate of drug-likeness (QED) is 0.860. The Hall–Kier alpha value is -1.95. The monoisotopic (exact) mass is 308 g/mol. The number of carbonyl (C=O) groups is 1. The van der Waals surface area contributed by atoms with E-state index in [0.717, 1.165) is 26.1 Å². The average molecular weight is 308 g/mol. The average Bonchev–Trinajstić information content (AvgIpc) is 3.01. The van der Waals surface area contributed by atoms with Crippen molar-refractivity contribution in [2.45, 2.75) is 6.42 Å². The molecule has 2 rings (SSSR count). The first-order valence-corrected chi connectivity index (χ1v) is 7.38. The molecule has 0 aliphatic carbocycles. The number of ether oxygens (including phenoxy) is 3. The van der Waals surface area contributed by atoms with Crippen LogP contribution in [0.25, 0.3) is 0 Å². The van der Waals surface area contributed by atoms with E-state index < -0.39 is 0 Å². The van der Waals surface area contributed by atoms with Crippen molar-refractivity contribution in [3.63, 3.8) is 0 Å². The minimum absolute atomic E-state index is 0.0311. The Morgan fingerprint density at radius 2 is 1.82 bits per heavy atom. The summed E-state index contributed by atoms with van der Waals surface area (Å²) in [6, 6.07) is 3.37. The Balaban J connectivity index is 2.25. The van der Waals surface area contributed by atoms with Crippen molar-refractivity contribution in [1.29, 1.82) is 0 Å². The third-order valence-electron chi connectivity index (χ3n) is 4.00. The number of likely N-dealkylation sites (tertiary alicyclic amines) is 1. The van der Waals surface area contributed by atoms with Gasteiger partial charge in [0.1, 0.15) is 5.75 Å². The van der Waals surface area contributed by atoms with Crippen LogP contribution in [0, 0.1) is 5.92 Å². The molecule has 1 aliphatic heterocycles. The van der Waals surface area contributed by atoms with Crippen molar-refractivity contribution in [3.05, 3.63) is 17.7 Å². The molecule has 1 N–H and O–H groups in total. The van der Waals surface area contributed by atoms with Gasteiger partial charge in [-0.1, -0.05) is 0 Å². The fourth-order valence-electron chi connectivity index (χ4n) is 2.84. The minimum Gasteiger partial charge on any atom is -0.496 e. The number of nitrogens with zero attached hydrogens (tertiary/aromatic N) is 1. The van der Waals surface area contributed by atoms with E-state index in [0.29, 0.717) is 28.7 Å². The molecule has 6 nitrogen and oxygen atoms in total. The summed E-state index contributed by atoms with van der Waals surface area (Å²) in [4.78, 5) is 14.6. The van der Waals surface area contributed by atoms with Crippen LogP contribution >= 0.6 is 0 Å². The van der Waals surface area contributed by atoms with Crippen LogP contribution in [0.3, 0.4) is 0 Å². The van der Waals surface area contributed by atoms with E-state index in [1.54, 1.807) is 33.5 Å². The van der Waals surface area contributed by atoms with E-state index >= 15 is 0 Å². The summed E-state index contributed by atoms with van der Waals surface area (Å²) < 4.78 is 15.9. The fourth-order valence-corrected chi connectivity index (χ4v) is 2.84. The molecule has 22 heavy (non-hydrogen) atoms. The van der Waals surface area contributed by atoms with Gasteiger partial charge in [0.15, 0.2) is 11.5 Å². The lowest BCUT2D eigenvalue weighted by molar-refractivity contribution is 0.0783. The van der Waals surface area contributed by atoms with Gasteiger partial charge in [-0.25, -0.2) is 0 Å². The van der Waals surface area contributed by atoms with Gasteiger partial charge >= 0.3 is 0 Å². The first-order valence-electron chi connectivity index (χ1n) is 7.38. The molecule has 1 saturated heterocycles. The zero-order valence-electron chi connectivity index (χ0n) is 13.6. The zero-order chi connectivity index (χ0) is 16.1. The maximum atomic E-state index is 12.8. The van der Waals surface area contributed by atoms with Crippen LogP contribution in [0.5, 0.6) is 17.2 Å². The molecule has 0 bridgehead atoms. The second kappa shape index (κ2) is 7.35. The molecule has 1 aromatic carbocycles. The van der Waals surface area contributed by atoms with E-state index in [-0.39, 0.29) is 5.91 Å². The number of amides is 1. The Morgan fingerprint density at radius 3 is 2.41 bits per heavy atom. The summed E-state index contributed by atoms with van der Waals surface area (Å²) in [5, 5.41) is 3.17. The number of hydrogen-bond donors (Lipinski definition) is 1. The summed E-state index contributed by atoms with van der Waals surface area (Å²) in [5.41, 5.74) is 0.505. The Bertz CT molecular complexity index is 533. The van der Waals surface area contributed by atoms with Gasteiger partial charge in [-0.2, -0.15) is 0 Å².